The van der Waals surface area contributed by atoms with Gasteiger partial charge >= 0.3 is 0 Å². The van der Waals surface area contributed by atoms with Crippen LogP contribution in [0.3, 0.4) is 0 Å². The Balaban J connectivity index is 1.94. The Morgan fingerprint density at radius 1 is 1.27 bits per heavy atom. The van der Waals surface area contributed by atoms with Gasteiger partial charge in [-0.05, 0) is 18.2 Å². The van der Waals surface area contributed by atoms with Gasteiger partial charge in [-0.25, -0.2) is 4.39 Å². The van der Waals surface area contributed by atoms with Crippen molar-refractivity contribution in [1.29, 1.82) is 0 Å². The third kappa shape index (κ3) is 1.55. The van der Waals surface area contributed by atoms with Gasteiger partial charge in [0.25, 0.3) is 0 Å². The van der Waals surface area contributed by atoms with E-state index in [2.05, 4.69) is 10.6 Å². The molecule has 3 nitrogen and oxygen atoms in total. The monoisotopic (exact) mass is 208 g/mol. The predicted molar refractivity (Wildman–Crippen MR) is 56.6 cm³/mol. The molecule has 2 N–H and O–H groups in total. The molecule has 1 aromatic carbocycles. The summed E-state index contributed by atoms with van der Waals surface area (Å²) >= 11 is 0. The summed E-state index contributed by atoms with van der Waals surface area (Å²) in [5.74, 6) is 0.265. The molecule has 15 heavy (non-hydrogen) atoms. The van der Waals surface area contributed by atoms with Crippen LogP contribution >= 0.6 is 0 Å². The van der Waals surface area contributed by atoms with E-state index in [0.29, 0.717) is 18.6 Å². The molecule has 2 aliphatic rings. The lowest BCUT2D eigenvalue weighted by molar-refractivity contribution is 0.186. The Morgan fingerprint density at radius 3 is 3.13 bits per heavy atom. The zero-order valence-corrected chi connectivity index (χ0v) is 8.29. The van der Waals surface area contributed by atoms with Crippen molar-refractivity contribution >= 4 is 11.4 Å². The highest BCUT2D eigenvalue weighted by Crippen LogP contribution is 2.30. The lowest BCUT2D eigenvalue weighted by atomic mass is 10.0. The number of benzene rings is 1. The largest absolute Gasteiger partial charge is 0.383 e. The molecule has 0 amide bonds. The van der Waals surface area contributed by atoms with E-state index in [-0.39, 0.29) is 5.82 Å². The molecular formula is C11H13FN2O. The van der Waals surface area contributed by atoms with Crippen molar-refractivity contribution in [3.63, 3.8) is 0 Å². The van der Waals surface area contributed by atoms with Crippen LogP contribution in [0, 0.1) is 11.7 Å². The number of anilines is 2. The SMILES string of the molecule is Fc1ccc2c(c1)NC1COCC1CN2. The van der Waals surface area contributed by atoms with E-state index < -0.39 is 0 Å². The van der Waals surface area contributed by atoms with Gasteiger partial charge in [-0.2, -0.15) is 0 Å². The Labute approximate surface area is 87.6 Å². The van der Waals surface area contributed by atoms with Crippen molar-refractivity contribution in [1.82, 2.24) is 0 Å². The number of fused-ring (bicyclic) bond motifs is 2. The molecule has 1 aromatic rings. The summed E-state index contributed by atoms with van der Waals surface area (Å²) in [6, 6.07) is 5.09. The second kappa shape index (κ2) is 3.38. The summed E-state index contributed by atoms with van der Waals surface area (Å²) in [6.45, 7) is 2.37. The molecule has 2 atom stereocenters. The summed E-state index contributed by atoms with van der Waals surface area (Å²) in [5.41, 5.74) is 1.82. The predicted octanol–water partition coefficient (Wildman–Crippen LogP) is 1.68. The van der Waals surface area contributed by atoms with Crippen LogP contribution in [0.1, 0.15) is 0 Å². The summed E-state index contributed by atoms with van der Waals surface area (Å²) < 4.78 is 18.5. The molecule has 0 aliphatic carbocycles. The molecule has 2 unspecified atom stereocenters. The first-order valence-electron chi connectivity index (χ1n) is 5.20. The molecule has 0 bridgehead atoms. The lowest BCUT2D eigenvalue weighted by Gasteiger charge is -2.15. The van der Waals surface area contributed by atoms with Crippen LogP contribution in [0.15, 0.2) is 18.2 Å². The molecule has 2 aliphatic heterocycles. The Morgan fingerprint density at radius 2 is 2.20 bits per heavy atom. The van der Waals surface area contributed by atoms with Crippen molar-refractivity contribution < 1.29 is 9.13 Å². The van der Waals surface area contributed by atoms with Gasteiger partial charge in [-0.15, -0.1) is 0 Å². The molecule has 1 saturated heterocycles. The molecule has 80 valence electrons. The molecule has 0 saturated carbocycles. The lowest BCUT2D eigenvalue weighted by Crippen LogP contribution is -2.29. The van der Waals surface area contributed by atoms with Gasteiger partial charge < -0.3 is 15.4 Å². The quantitative estimate of drug-likeness (QED) is 0.680. The van der Waals surface area contributed by atoms with Crippen molar-refractivity contribution in [3.05, 3.63) is 24.0 Å². The fourth-order valence-electron chi connectivity index (χ4n) is 2.19. The standard InChI is InChI=1S/C11H13FN2O/c12-8-1-2-9-10(3-8)14-11-6-15-5-7(11)4-13-9/h1-3,7,11,13-14H,4-6H2. The van der Waals surface area contributed by atoms with Crippen molar-refractivity contribution in [2.75, 3.05) is 30.4 Å². The minimum absolute atomic E-state index is 0.208. The van der Waals surface area contributed by atoms with Crippen LogP contribution in [-0.4, -0.2) is 25.8 Å². The molecule has 2 heterocycles. The normalized spacial score (nSPS) is 28.3. The third-order valence-electron chi connectivity index (χ3n) is 3.08. The minimum atomic E-state index is -0.208. The average molecular weight is 208 g/mol. The molecule has 1 fully saturated rings. The number of rotatable bonds is 0. The van der Waals surface area contributed by atoms with Crippen LogP contribution in [0.2, 0.25) is 0 Å². The Bertz CT molecular complexity index is 383. The molecule has 0 radical (unpaired) electrons. The molecule has 0 aromatic heterocycles. The first-order valence-corrected chi connectivity index (χ1v) is 5.20. The topological polar surface area (TPSA) is 33.3 Å². The third-order valence-corrected chi connectivity index (χ3v) is 3.08. The molecule has 3 rings (SSSR count). The first-order chi connectivity index (χ1) is 7.33. The van der Waals surface area contributed by atoms with Crippen LogP contribution in [0.4, 0.5) is 15.8 Å². The maximum atomic E-state index is 13.1. The van der Waals surface area contributed by atoms with E-state index in [0.717, 1.165) is 24.5 Å². The summed E-state index contributed by atoms with van der Waals surface area (Å²) in [6.07, 6.45) is 0. The number of ether oxygens (including phenoxy) is 1. The van der Waals surface area contributed by atoms with Gasteiger partial charge in [-0.3, -0.25) is 0 Å². The number of nitrogens with one attached hydrogen (secondary N) is 2. The number of hydrogen-bond donors (Lipinski definition) is 2. The zero-order chi connectivity index (χ0) is 10.3. The minimum Gasteiger partial charge on any atom is -0.383 e. The van der Waals surface area contributed by atoms with E-state index in [9.17, 15) is 4.39 Å². The number of hydrogen-bond acceptors (Lipinski definition) is 3. The second-order valence-electron chi connectivity index (χ2n) is 4.12. The van der Waals surface area contributed by atoms with Gasteiger partial charge in [-0.1, -0.05) is 0 Å². The maximum absolute atomic E-state index is 13.1. The molecule has 0 spiro atoms. The van der Waals surface area contributed by atoms with Gasteiger partial charge in [0.1, 0.15) is 5.82 Å². The van der Waals surface area contributed by atoms with Crippen LogP contribution in [0.25, 0.3) is 0 Å². The van der Waals surface area contributed by atoms with E-state index >= 15 is 0 Å². The van der Waals surface area contributed by atoms with Crippen LogP contribution in [0.5, 0.6) is 0 Å². The van der Waals surface area contributed by atoms with Gasteiger partial charge in [0, 0.05) is 12.5 Å². The summed E-state index contributed by atoms with van der Waals surface area (Å²) in [7, 11) is 0. The van der Waals surface area contributed by atoms with Gasteiger partial charge in [0.05, 0.1) is 30.6 Å². The van der Waals surface area contributed by atoms with Crippen molar-refractivity contribution in [3.8, 4) is 0 Å². The van der Waals surface area contributed by atoms with Crippen molar-refractivity contribution in [2.24, 2.45) is 5.92 Å². The molecule has 4 heteroatoms. The zero-order valence-electron chi connectivity index (χ0n) is 8.29. The summed E-state index contributed by atoms with van der Waals surface area (Å²) in [5, 5.41) is 6.65. The average Bonchev–Trinajstić information content (AvgIpc) is 2.58. The van der Waals surface area contributed by atoms with Crippen LogP contribution in [-0.2, 0) is 4.74 Å². The Kier molecular flexibility index (Phi) is 2.02. The highest BCUT2D eigenvalue weighted by molar-refractivity contribution is 5.70. The van der Waals surface area contributed by atoms with E-state index in [4.69, 9.17) is 4.74 Å². The fraction of sp³-hybridized carbons (Fsp3) is 0.455. The second-order valence-corrected chi connectivity index (χ2v) is 4.12. The van der Waals surface area contributed by atoms with E-state index in [1.165, 1.54) is 12.1 Å². The highest BCUT2D eigenvalue weighted by Gasteiger charge is 2.30. The van der Waals surface area contributed by atoms with E-state index in [1.807, 2.05) is 0 Å². The smallest absolute Gasteiger partial charge is 0.125 e. The highest BCUT2D eigenvalue weighted by atomic mass is 19.1. The molecular weight excluding hydrogens is 195 g/mol. The van der Waals surface area contributed by atoms with Gasteiger partial charge in [0.15, 0.2) is 0 Å². The van der Waals surface area contributed by atoms with Crippen LogP contribution < -0.4 is 10.6 Å². The Hall–Kier alpha value is -1.29. The first kappa shape index (κ1) is 8.97. The van der Waals surface area contributed by atoms with Crippen molar-refractivity contribution in [2.45, 2.75) is 6.04 Å². The van der Waals surface area contributed by atoms with Gasteiger partial charge in [0.2, 0.25) is 0 Å². The summed E-state index contributed by atoms with van der Waals surface area (Å²) in [4.78, 5) is 0. The maximum Gasteiger partial charge on any atom is 0.125 e. The number of halogens is 1. The van der Waals surface area contributed by atoms with E-state index in [1.54, 1.807) is 6.07 Å². The fourth-order valence-corrected chi connectivity index (χ4v) is 2.19.